The zero-order valence-corrected chi connectivity index (χ0v) is 13.2. The number of anilines is 1. The van der Waals surface area contributed by atoms with Crippen LogP contribution in [0.1, 0.15) is 44.2 Å². The van der Waals surface area contributed by atoms with Crippen molar-refractivity contribution in [2.45, 2.75) is 50.7 Å². The van der Waals surface area contributed by atoms with Crippen LogP contribution in [0.2, 0.25) is 0 Å². The average molecular weight is 304 g/mol. The molecule has 1 aliphatic rings. The van der Waals surface area contributed by atoms with E-state index in [1.54, 1.807) is 7.11 Å². The summed E-state index contributed by atoms with van der Waals surface area (Å²) >= 11 is 0. The highest BCUT2D eigenvalue weighted by Crippen LogP contribution is 2.33. The largest absolute Gasteiger partial charge is 0.393 e. The Kier molecular flexibility index (Phi) is 4.59. The normalized spacial score (nSPS) is 23.6. The van der Waals surface area contributed by atoms with Crippen LogP contribution in [0.3, 0.4) is 0 Å². The quantitative estimate of drug-likeness (QED) is 0.886. The standard InChI is InChI=1S/C16H24N4O2/c1-11(10-22-2)18-16-17-9-13-5-8-15(20(13)19-16)12-3-6-14(21)7-4-12/h5,8-9,11-12,14,21H,3-4,6-7,10H2,1-2H3,(H,18,19). The van der Waals surface area contributed by atoms with E-state index in [1.165, 1.54) is 5.69 Å². The van der Waals surface area contributed by atoms with Crippen molar-refractivity contribution in [2.75, 3.05) is 19.0 Å². The predicted octanol–water partition coefficient (Wildman–Crippen LogP) is 2.19. The van der Waals surface area contributed by atoms with Gasteiger partial charge in [0, 0.05) is 24.8 Å². The Bertz CT molecular complexity index is 620. The number of aliphatic hydroxyl groups excluding tert-OH is 1. The van der Waals surface area contributed by atoms with Crippen molar-refractivity contribution in [3.63, 3.8) is 0 Å². The van der Waals surface area contributed by atoms with E-state index in [9.17, 15) is 5.11 Å². The minimum Gasteiger partial charge on any atom is -0.393 e. The van der Waals surface area contributed by atoms with Gasteiger partial charge in [0.2, 0.25) is 5.95 Å². The van der Waals surface area contributed by atoms with Crippen molar-refractivity contribution in [1.82, 2.24) is 14.6 Å². The molecule has 0 bridgehead atoms. The molecule has 120 valence electrons. The van der Waals surface area contributed by atoms with Crippen LogP contribution in [0.15, 0.2) is 18.3 Å². The zero-order valence-electron chi connectivity index (χ0n) is 13.2. The Balaban J connectivity index is 1.82. The van der Waals surface area contributed by atoms with Gasteiger partial charge in [-0.15, -0.1) is 5.10 Å². The minimum absolute atomic E-state index is 0.135. The molecule has 3 rings (SSSR count). The Morgan fingerprint density at radius 3 is 2.86 bits per heavy atom. The molecule has 1 saturated carbocycles. The highest BCUT2D eigenvalue weighted by atomic mass is 16.5. The maximum atomic E-state index is 9.68. The van der Waals surface area contributed by atoms with Crippen LogP contribution in [-0.4, -0.2) is 45.6 Å². The summed E-state index contributed by atoms with van der Waals surface area (Å²) in [6.45, 7) is 2.65. The Labute approximate surface area is 130 Å². The highest BCUT2D eigenvalue weighted by Gasteiger charge is 2.23. The number of aliphatic hydroxyl groups is 1. The summed E-state index contributed by atoms with van der Waals surface area (Å²) in [6, 6.07) is 4.35. The maximum Gasteiger partial charge on any atom is 0.241 e. The second kappa shape index (κ2) is 6.62. The molecule has 6 heteroatoms. The third-order valence-electron chi connectivity index (χ3n) is 4.33. The molecule has 1 aliphatic carbocycles. The fourth-order valence-corrected chi connectivity index (χ4v) is 3.18. The molecule has 2 aromatic heterocycles. The average Bonchev–Trinajstić information content (AvgIpc) is 2.91. The first kappa shape index (κ1) is 15.2. The third kappa shape index (κ3) is 3.23. The van der Waals surface area contributed by atoms with Crippen LogP contribution < -0.4 is 5.32 Å². The first-order chi connectivity index (χ1) is 10.7. The molecular formula is C16H24N4O2. The van der Waals surface area contributed by atoms with Crippen LogP contribution >= 0.6 is 0 Å². The number of hydrogen-bond acceptors (Lipinski definition) is 5. The van der Waals surface area contributed by atoms with E-state index >= 15 is 0 Å². The van der Waals surface area contributed by atoms with Gasteiger partial charge in [-0.3, -0.25) is 0 Å². The number of nitrogens with zero attached hydrogens (tertiary/aromatic N) is 3. The molecule has 0 saturated heterocycles. The Morgan fingerprint density at radius 2 is 2.14 bits per heavy atom. The molecule has 0 aromatic carbocycles. The lowest BCUT2D eigenvalue weighted by Crippen LogP contribution is -2.23. The van der Waals surface area contributed by atoms with E-state index < -0.39 is 0 Å². The molecule has 2 N–H and O–H groups in total. The van der Waals surface area contributed by atoms with Crippen LogP contribution in [0, 0.1) is 0 Å². The number of hydrogen-bond donors (Lipinski definition) is 2. The van der Waals surface area contributed by atoms with Gasteiger partial charge in [-0.1, -0.05) is 0 Å². The van der Waals surface area contributed by atoms with E-state index in [2.05, 4.69) is 27.5 Å². The van der Waals surface area contributed by atoms with E-state index in [1.807, 2.05) is 17.6 Å². The second-order valence-electron chi connectivity index (χ2n) is 6.18. The molecule has 6 nitrogen and oxygen atoms in total. The van der Waals surface area contributed by atoms with Crippen molar-refractivity contribution in [3.8, 4) is 0 Å². The van der Waals surface area contributed by atoms with E-state index in [0.29, 0.717) is 18.5 Å². The molecule has 1 unspecified atom stereocenters. The maximum absolute atomic E-state index is 9.68. The lowest BCUT2D eigenvalue weighted by atomic mass is 9.85. The number of rotatable bonds is 5. The lowest BCUT2D eigenvalue weighted by Gasteiger charge is -2.25. The molecule has 0 amide bonds. The van der Waals surface area contributed by atoms with Gasteiger partial charge >= 0.3 is 0 Å². The summed E-state index contributed by atoms with van der Waals surface area (Å²) in [5, 5.41) is 17.6. The van der Waals surface area contributed by atoms with Gasteiger partial charge in [-0.05, 0) is 44.7 Å². The minimum atomic E-state index is -0.135. The summed E-state index contributed by atoms with van der Waals surface area (Å²) in [5.41, 5.74) is 2.22. The van der Waals surface area contributed by atoms with Crippen LogP contribution in [-0.2, 0) is 4.74 Å². The van der Waals surface area contributed by atoms with Gasteiger partial charge in [0.1, 0.15) is 0 Å². The number of aromatic nitrogens is 3. The summed E-state index contributed by atoms with van der Waals surface area (Å²) < 4.78 is 7.11. The molecule has 1 atom stereocenters. The first-order valence-electron chi connectivity index (χ1n) is 7.95. The van der Waals surface area contributed by atoms with Crippen molar-refractivity contribution < 1.29 is 9.84 Å². The molecule has 1 fully saturated rings. The summed E-state index contributed by atoms with van der Waals surface area (Å²) in [6.07, 6.45) is 5.48. The summed E-state index contributed by atoms with van der Waals surface area (Å²) in [7, 11) is 1.68. The van der Waals surface area contributed by atoms with E-state index in [0.717, 1.165) is 31.2 Å². The fourth-order valence-electron chi connectivity index (χ4n) is 3.18. The first-order valence-corrected chi connectivity index (χ1v) is 7.95. The molecule has 0 spiro atoms. The SMILES string of the molecule is COCC(C)Nc1ncc2ccc(C3CCC(O)CC3)n2n1. The molecular weight excluding hydrogens is 280 g/mol. The topological polar surface area (TPSA) is 71.7 Å². The van der Waals surface area contributed by atoms with E-state index in [-0.39, 0.29) is 12.1 Å². The zero-order chi connectivity index (χ0) is 15.5. The second-order valence-corrected chi connectivity index (χ2v) is 6.18. The molecule has 0 aliphatic heterocycles. The number of nitrogens with one attached hydrogen (secondary N) is 1. The van der Waals surface area contributed by atoms with E-state index in [4.69, 9.17) is 4.74 Å². The third-order valence-corrected chi connectivity index (χ3v) is 4.33. The smallest absolute Gasteiger partial charge is 0.241 e. The lowest BCUT2D eigenvalue weighted by molar-refractivity contribution is 0.121. The molecule has 0 radical (unpaired) electrons. The predicted molar refractivity (Wildman–Crippen MR) is 85.2 cm³/mol. The molecule has 22 heavy (non-hydrogen) atoms. The van der Waals surface area contributed by atoms with Gasteiger partial charge in [-0.25, -0.2) is 9.50 Å². The van der Waals surface area contributed by atoms with Crippen LogP contribution in [0.25, 0.3) is 5.52 Å². The van der Waals surface area contributed by atoms with Crippen molar-refractivity contribution >= 4 is 11.5 Å². The van der Waals surface area contributed by atoms with Crippen LogP contribution in [0.5, 0.6) is 0 Å². The van der Waals surface area contributed by atoms with Gasteiger partial charge < -0.3 is 15.2 Å². The van der Waals surface area contributed by atoms with Crippen molar-refractivity contribution in [2.24, 2.45) is 0 Å². The van der Waals surface area contributed by atoms with Crippen molar-refractivity contribution in [1.29, 1.82) is 0 Å². The van der Waals surface area contributed by atoms with Gasteiger partial charge in [0.25, 0.3) is 0 Å². The molecule has 2 heterocycles. The summed E-state index contributed by atoms with van der Waals surface area (Å²) in [4.78, 5) is 4.36. The fraction of sp³-hybridized carbons (Fsp3) is 0.625. The highest BCUT2D eigenvalue weighted by molar-refractivity contribution is 5.48. The van der Waals surface area contributed by atoms with Crippen LogP contribution in [0.4, 0.5) is 5.95 Å². The summed E-state index contributed by atoms with van der Waals surface area (Å²) in [5.74, 6) is 1.08. The van der Waals surface area contributed by atoms with Gasteiger partial charge in [-0.2, -0.15) is 0 Å². The monoisotopic (exact) mass is 304 g/mol. The van der Waals surface area contributed by atoms with Gasteiger partial charge in [0.15, 0.2) is 0 Å². The molecule has 2 aromatic rings. The Morgan fingerprint density at radius 1 is 1.36 bits per heavy atom. The number of ether oxygens (including phenoxy) is 1. The Hall–Kier alpha value is -1.66. The number of methoxy groups -OCH3 is 1. The van der Waals surface area contributed by atoms with Gasteiger partial charge in [0.05, 0.1) is 24.4 Å². The number of fused-ring (bicyclic) bond motifs is 1. The van der Waals surface area contributed by atoms with Crippen molar-refractivity contribution in [3.05, 3.63) is 24.0 Å².